The summed E-state index contributed by atoms with van der Waals surface area (Å²) in [4.78, 5) is 11.7. The number of H-pyrrole nitrogens is 1. The topological polar surface area (TPSA) is 63.8 Å². The largest absolute Gasteiger partial charge is 0.393 e. The molecule has 0 aliphatic heterocycles. The van der Waals surface area contributed by atoms with Crippen LogP contribution in [0.1, 0.15) is 5.69 Å². The van der Waals surface area contributed by atoms with Crippen molar-refractivity contribution in [2.24, 2.45) is 0 Å². The fourth-order valence-corrected chi connectivity index (χ4v) is 1.58. The summed E-state index contributed by atoms with van der Waals surface area (Å²) in [7, 11) is 0. The highest BCUT2D eigenvalue weighted by atomic mass is 35.5. The Morgan fingerprint density at radius 1 is 1.40 bits per heavy atom. The van der Waals surface area contributed by atoms with Gasteiger partial charge >= 0.3 is 0 Å². The quantitative estimate of drug-likeness (QED) is 0.773. The summed E-state index contributed by atoms with van der Waals surface area (Å²) in [6, 6.07) is 7.07. The number of benzene rings is 1. The van der Waals surface area contributed by atoms with E-state index in [1.54, 1.807) is 31.2 Å². The molecule has 5 heteroatoms. The number of rotatable bonds is 1. The van der Waals surface area contributed by atoms with Crippen molar-refractivity contribution < 1.29 is 0 Å². The molecule has 15 heavy (non-hydrogen) atoms. The highest BCUT2D eigenvalue weighted by Crippen LogP contribution is 2.18. The predicted octanol–water partition coefficient (Wildman–Crippen LogP) is 1.71. The van der Waals surface area contributed by atoms with E-state index in [1.165, 1.54) is 4.68 Å². The molecule has 0 saturated heterocycles. The van der Waals surface area contributed by atoms with Gasteiger partial charge in [-0.3, -0.25) is 9.89 Å². The fourth-order valence-electron chi connectivity index (χ4n) is 1.36. The first-order valence-corrected chi connectivity index (χ1v) is 4.81. The van der Waals surface area contributed by atoms with Crippen LogP contribution < -0.4 is 11.3 Å². The van der Waals surface area contributed by atoms with Crippen LogP contribution in [0.4, 0.5) is 5.69 Å². The van der Waals surface area contributed by atoms with Crippen molar-refractivity contribution in [2.75, 3.05) is 5.73 Å². The Bertz CT molecular complexity index is 556. The lowest BCUT2D eigenvalue weighted by molar-refractivity contribution is 0.836. The molecule has 2 rings (SSSR count). The predicted molar refractivity (Wildman–Crippen MR) is 60.5 cm³/mol. The maximum Gasteiger partial charge on any atom is 0.294 e. The molecule has 0 aliphatic rings. The average molecular weight is 224 g/mol. The van der Waals surface area contributed by atoms with Gasteiger partial charge in [0.1, 0.15) is 5.69 Å². The Hall–Kier alpha value is -1.68. The van der Waals surface area contributed by atoms with Crippen LogP contribution in [0, 0.1) is 6.92 Å². The molecule has 1 aromatic heterocycles. The van der Waals surface area contributed by atoms with Crippen LogP contribution in [0.3, 0.4) is 0 Å². The molecule has 2 aromatic rings. The first kappa shape index (κ1) is 9.86. The minimum Gasteiger partial charge on any atom is -0.393 e. The van der Waals surface area contributed by atoms with Crippen molar-refractivity contribution in [2.45, 2.75) is 6.92 Å². The van der Waals surface area contributed by atoms with Crippen LogP contribution in [-0.2, 0) is 0 Å². The van der Waals surface area contributed by atoms with Crippen molar-refractivity contribution in [3.8, 4) is 5.69 Å². The van der Waals surface area contributed by atoms with E-state index < -0.39 is 0 Å². The van der Waals surface area contributed by atoms with E-state index in [4.69, 9.17) is 17.3 Å². The Labute approximate surface area is 91.3 Å². The summed E-state index contributed by atoms with van der Waals surface area (Å²) in [6.45, 7) is 1.74. The Morgan fingerprint density at radius 2 is 2.07 bits per heavy atom. The number of aromatic nitrogens is 2. The lowest BCUT2D eigenvalue weighted by atomic mass is 10.3. The number of aryl methyl sites for hydroxylation is 1. The van der Waals surface area contributed by atoms with Gasteiger partial charge in [0.05, 0.1) is 16.4 Å². The standard InChI is InChI=1S/C10H10ClN3O/c1-6-9(12)10(15)14(13-6)8-5-3-2-4-7(8)11/h2-5,13H,12H2,1H3. The van der Waals surface area contributed by atoms with Crippen molar-refractivity contribution >= 4 is 17.3 Å². The number of halogens is 1. The molecule has 4 nitrogen and oxygen atoms in total. The number of para-hydroxylation sites is 1. The van der Waals surface area contributed by atoms with E-state index in [1.807, 2.05) is 0 Å². The summed E-state index contributed by atoms with van der Waals surface area (Å²) in [5.74, 6) is 0. The second kappa shape index (κ2) is 3.47. The van der Waals surface area contributed by atoms with Gasteiger partial charge in [0.25, 0.3) is 5.56 Å². The lowest BCUT2D eigenvalue weighted by Crippen LogP contribution is -2.16. The zero-order valence-corrected chi connectivity index (χ0v) is 8.88. The molecule has 0 atom stereocenters. The highest BCUT2D eigenvalue weighted by molar-refractivity contribution is 6.32. The van der Waals surface area contributed by atoms with E-state index >= 15 is 0 Å². The van der Waals surface area contributed by atoms with Crippen molar-refractivity contribution in [3.05, 3.63) is 45.3 Å². The molecular formula is C10H10ClN3O. The molecule has 0 radical (unpaired) electrons. The minimum absolute atomic E-state index is 0.218. The maximum atomic E-state index is 11.7. The van der Waals surface area contributed by atoms with Gasteiger partial charge in [-0.2, -0.15) is 0 Å². The van der Waals surface area contributed by atoms with Gasteiger partial charge in [-0.05, 0) is 19.1 Å². The van der Waals surface area contributed by atoms with Crippen LogP contribution in [0.2, 0.25) is 5.02 Å². The molecule has 0 aliphatic carbocycles. The summed E-state index contributed by atoms with van der Waals surface area (Å²) < 4.78 is 1.34. The Kier molecular flexibility index (Phi) is 2.28. The van der Waals surface area contributed by atoms with Gasteiger partial charge in [0.2, 0.25) is 0 Å². The molecule has 1 heterocycles. The first-order valence-electron chi connectivity index (χ1n) is 4.43. The van der Waals surface area contributed by atoms with Gasteiger partial charge in [0, 0.05) is 0 Å². The molecule has 3 N–H and O–H groups in total. The van der Waals surface area contributed by atoms with Crippen molar-refractivity contribution in [1.82, 2.24) is 9.78 Å². The second-order valence-corrected chi connectivity index (χ2v) is 3.65. The van der Waals surface area contributed by atoms with E-state index in [2.05, 4.69) is 5.10 Å². The first-order chi connectivity index (χ1) is 7.11. The zero-order valence-electron chi connectivity index (χ0n) is 8.12. The number of nitrogen functional groups attached to an aromatic ring is 1. The van der Waals surface area contributed by atoms with Crippen LogP contribution >= 0.6 is 11.6 Å². The van der Waals surface area contributed by atoms with Gasteiger partial charge < -0.3 is 5.73 Å². The summed E-state index contributed by atoms with van der Waals surface area (Å²) in [6.07, 6.45) is 0. The third kappa shape index (κ3) is 1.53. The highest BCUT2D eigenvalue weighted by Gasteiger charge is 2.10. The Morgan fingerprint density at radius 3 is 2.60 bits per heavy atom. The molecule has 0 spiro atoms. The molecular weight excluding hydrogens is 214 g/mol. The molecule has 78 valence electrons. The fraction of sp³-hybridized carbons (Fsp3) is 0.100. The number of nitrogens with zero attached hydrogens (tertiary/aromatic N) is 1. The third-order valence-electron chi connectivity index (χ3n) is 2.21. The van der Waals surface area contributed by atoms with Crippen LogP contribution in [0.5, 0.6) is 0 Å². The molecule has 0 unspecified atom stereocenters. The van der Waals surface area contributed by atoms with Crippen molar-refractivity contribution in [1.29, 1.82) is 0 Å². The average Bonchev–Trinajstić information content (AvgIpc) is 2.47. The number of nitrogens with two attached hydrogens (primary N) is 1. The molecule has 0 saturated carbocycles. The van der Waals surface area contributed by atoms with Gasteiger partial charge in [0.15, 0.2) is 0 Å². The molecule has 0 bridgehead atoms. The Balaban J connectivity index is 2.70. The zero-order chi connectivity index (χ0) is 11.0. The summed E-state index contributed by atoms with van der Waals surface area (Å²) >= 11 is 5.97. The number of hydrogen-bond donors (Lipinski definition) is 2. The maximum absolute atomic E-state index is 11.7. The molecule has 1 aromatic carbocycles. The SMILES string of the molecule is Cc1[nH]n(-c2ccccc2Cl)c(=O)c1N. The lowest BCUT2D eigenvalue weighted by Gasteiger charge is -2.02. The van der Waals surface area contributed by atoms with Crippen LogP contribution in [0.15, 0.2) is 29.1 Å². The normalized spacial score (nSPS) is 10.5. The van der Waals surface area contributed by atoms with E-state index in [-0.39, 0.29) is 11.2 Å². The molecule has 0 amide bonds. The number of hydrogen-bond acceptors (Lipinski definition) is 2. The summed E-state index contributed by atoms with van der Waals surface area (Å²) in [5, 5.41) is 3.37. The van der Waals surface area contributed by atoms with E-state index in [0.29, 0.717) is 16.4 Å². The minimum atomic E-state index is -0.277. The van der Waals surface area contributed by atoms with Gasteiger partial charge in [-0.1, -0.05) is 23.7 Å². The third-order valence-corrected chi connectivity index (χ3v) is 2.53. The number of aromatic amines is 1. The van der Waals surface area contributed by atoms with Gasteiger partial charge in [-0.15, -0.1) is 0 Å². The summed E-state index contributed by atoms with van der Waals surface area (Å²) in [5.41, 5.74) is 6.76. The van der Waals surface area contributed by atoms with Gasteiger partial charge in [-0.25, -0.2) is 4.68 Å². The monoisotopic (exact) mass is 223 g/mol. The van der Waals surface area contributed by atoms with E-state index in [9.17, 15) is 4.79 Å². The van der Waals surface area contributed by atoms with Crippen molar-refractivity contribution in [3.63, 3.8) is 0 Å². The smallest absolute Gasteiger partial charge is 0.294 e. The number of anilines is 1. The van der Waals surface area contributed by atoms with E-state index in [0.717, 1.165) is 0 Å². The van der Waals surface area contributed by atoms with Crippen LogP contribution in [-0.4, -0.2) is 9.78 Å². The molecule has 0 fully saturated rings. The second-order valence-electron chi connectivity index (χ2n) is 3.24. The number of nitrogens with one attached hydrogen (secondary N) is 1. The van der Waals surface area contributed by atoms with Crippen LogP contribution in [0.25, 0.3) is 5.69 Å².